The summed E-state index contributed by atoms with van der Waals surface area (Å²) in [4.78, 5) is 22.4. The minimum absolute atomic E-state index is 0.113. The van der Waals surface area contributed by atoms with Gasteiger partial charge < -0.3 is 15.1 Å². The number of piperidine rings is 1. The lowest BCUT2D eigenvalue weighted by molar-refractivity contribution is 0.506. The van der Waals surface area contributed by atoms with Gasteiger partial charge in [0.2, 0.25) is 0 Å². The molecule has 2 N–H and O–H groups in total. The number of fused-ring (bicyclic) bond motifs is 1. The van der Waals surface area contributed by atoms with E-state index in [-0.39, 0.29) is 12.6 Å². The summed E-state index contributed by atoms with van der Waals surface area (Å²) in [6, 6.07) is 9.29. The molecule has 0 aliphatic carbocycles. The Morgan fingerprint density at radius 2 is 2.19 bits per heavy atom. The molecule has 1 aliphatic rings. The summed E-state index contributed by atoms with van der Waals surface area (Å²) in [5, 5.41) is 0. The molecule has 132 valence electrons. The lowest BCUT2D eigenvalue weighted by atomic mass is 10.1. The molecule has 1 aliphatic heterocycles. The van der Waals surface area contributed by atoms with Crippen LogP contribution in [0.25, 0.3) is 16.1 Å². The average molecular weight is 349 g/mol. The van der Waals surface area contributed by atoms with Crippen molar-refractivity contribution in [1.29, 1.82) is 0 Å². The first kappa shape index (κ1) is 16.4. The van der Waals surface area contributed by atoms with Gasteiger partial charge in [0, 0.05) is 31.9 Å². The summed E-state index contributed by atoms with van der Waals surface area (Å²) >= 11 is 0. The summed E-state index contributed by atoms with van der Waals surface area (Å²) < 4.78 is 6.92. The Kier molecular flexibility index (Phi) is 4.19. The fourth-order valence-corrected chi connectivity index (χ4v) is 3.53. The second-order valence-corrected chi connectivity index (χ2v) is 6.53. The number of benzene rings is 1. The number of aromatic nitrogens is 2. The molecule has 7 nitrogen and oxygen atoms in total. The molecule has 0 radical (unpaired) electrons. The molecule has 0 saturated carbocycles. The van der Waals surface area contributed by atoms with Crippen LogP contribution in [0.2, 0.25) is 0 Å². The van der Waals surface area contributed by atoms with Crippen molar-refractivity contribution in [2.75, 3.05) is 18.0 Å². The van der Waals surface area contributed by atoms with E-state index >= 15 is 0 Å². The zero-order chi connectivity index (χ0) is 18.1. The first-order valence-electron chi connectivity index (χ1n) is 8.61. The number of hydrogen-bond donors (Lipinski definition) is 1. The van der Waals surface area contributed by atoms with Crippen LogP contribution in [0.4, 0.5) is 11.4 Å². The minimum Gasteiger partial charge on any atom is -0.388 e. The Hall–Kier alpha value is -3.11. The van der Waals surface area contributed by atoms with Crippen molar-refractivity contribution in [3.8, 4) is 0 Å². The molecule has 3 aromatic rings. The van der Waals surface area contributed by atoms with E-state index in [9.17, 15) is 4.79 Å². The molecule has 7 heteroatoms. The lowest BCUT2D eigenvalue weighted by Gasteiger charge is -2.32. The highest BCUT2D eigenvalue weighted by Crippen LogP contribution is 2.29. The zero-order valence-electron chi connectivity index (χ0n) is 14.3. The number of oxazole rings is 1. The minimum atomic E-state index is -0.471. The molecule has 2 aromatic heterocycles. The van der Waals surface area contributed by atoms with Crippen LogP contribution in [0, 0.1) is 6.57 Å². The van der Waals surface area contributed by atoms with Crippen molar-refractivity contribution in [3.05, 3.63) is 64.1 Å². The normalized spacial score (nSPS) is 17.4. The standard InChI is InChI=1S/C19H19N5O2/c1-21-15-7-3-2-5-13(15)11-24-17-16(23-10-4-6-14(20)12-23)8-9-22-18(17)26-19(24)25/h2-3,5,7-9,14H,4,6,10-12,20H2/t14-/m1/s1. The van der Waals surface area contributed by atoms with E-state index in [1.807, 2.05) is 24.3 Å². The largest absolute Gasteiger partial charge is 0.421 e. The molecule has 1 saturated heterocycles. The monoisotopic (exact) mass is 349 g/mol. The number of anilines is 1. The molecule has 1 aromatic carbocycles. The van der Waals surface area contributed by atoms with E-state index in [1.54, 1.807) is 16.8 Å². The maximum atomic E-state index is 12.5. The van der Waals surface area contributed by atoms with Gasteiger partial charge in [-0.2, -0.15) is 0 Å². The number of pyridine rings is 1. The highest BCUT2D eigenvalue weighted by Gasteiger charge is 2.23. The van der Waals surface area contributed by atoms with Crippen molar-refractivity contribution in [1.82, 2.24) is 9.55 Å². The molecular weight excluding hydrogens is 330 g/mol. The molecule has 3 heterocycles. The SMILES string of the molecule is [C-]#[N+]c1ccccc1Cn1c(=O)oc2nccc(N3CCC[C@@H](N)C3)c21. The molecule has 1 fully saturated rings. The van der Waals surface area contributed by atoms with Gasteiger partial charge in [-0.25, -0.2) is 14.6 Å². The third-order valence-electron chi connectivity index (χ3n) is 4.78. The first-order valence-corrected chi connectivity index (χ1v) is 8.61. The molecular formula is C19H19N5O2. The van der Waals surface area contributed by atoms with Crippen LogP contribution >= 0.6 is 0 Å². The third-order valence-corrected chi connectivity index (χ3v) is 4.78. The number of rotatable bonds is 3. The van der Waals surface area contributed by atoms with Crippen molar-refractivity contribution in [2.24, 2.45) is 5.73 Å². The second kappa shape index (κ2) is 6.65. The molecule has 26 heavy (non-hydrogen) atoms. The molecule has 4 rings (SSSR count). The Labute approximate surface area is 150 Å². The van der Waals surface area contributed by atoms with Gasteiger partial charge in [0.15, 0.2) is 5.69 Å². The van der Waals surface area contributed by atoms with Crippen LogP contribution in [-0.2, 0) is 6.54 Å². The van der Waals surface area contributed by atoms with Crippen LogP contribution in [0.5, 0.6) is 0 Å². The van der Waals surface area contributed by atoms with Gasteiger partial charge in [-0.1, -0.05) is 24.3 Å². The summed E-state index contributed by atoms with van der Waals surface area (Å²) in [6.07, 6.45) is 3.66. The first-order chi connectivity index (χ1) is 12.7. The lowest BCUT2D eigenvalue weighted by Crippen LogP contribution is -2.43. The van der Waals surface area contributed by atoms with E-state index in [4.69, 9.17) is 16.7 Å². The summed E-state index contributed by atoms with van der Waals surface area (Å²) in [7, 11) is 0. The molecule has 0 amide bonds. The Balaban J connectivity index is 1.83. The van der Waals surface area contributed by atoms with Gasteiger partial charge in [0.05, 0.1) is 12.3 Å². The summed E-state index contributed by atoms with van der Waals surface area (Å²) in [6.45, 7) is 9.21. The van der Waals surface area contributed by atoms with Gasteiger partial charge in [-0.3, -0.25) is 4.57 Å². The van der Waals surface area contributed by atoms with Gasteiger partial charge in [-0.05, 0) is 24.5 Å². The molecule has 1 atom stereocenters. The molecule has 0 bridgehead atoms. The van der Waals surface area contributed by atoms with Crippen LogP contribution < -0.4 is 16.4 Å². The molecule has 0 unspecified atom stereocenters. The van der Waals surface area contributed by atoms with Gasteiger partial charge in [0.25, 0.3) is 5.71 Å². The number of nitrogens with two attached hydrogens (primary N) is 1. The number of nitrogens with zero attached hydrogens (tertiary/aromatic N) is 4. The third kappa shape index (κ3) is 2.85. The summed E-state index contributed by atoms with van der Waals surface area (Å²) in [5.41, 5.74) is 9.30. The van der Waals surface area contributed by atoms with E-state index < -0.39 is 5.76 Å². The van der Waals surface area contributed by atoms with Gasteiger partial charge in [-0.15, -0.1) is 0 Å². The highest BCUT2D eigenvalue weighted by molar-refractivity contribution is 5.85. The van der Waals surface area contributed by atoms with Crippen LogP contribution in [-0.4, -0.2) is 28.7 Å². The maximum Gasteiger partial charge on any atom is 0.421 e. The smallest absolute Gasteiger partial charge is 0.388 e. The van der Waals surface area contributed by atoms with Crippen LogP contribution in [0.3, 0.4) is 0 Å². The molecule has 0 spiro atoms. The Morgan fingerprint density at radius 3 is 3.00 bits per heavy atom. The highest BCUT2D eigenvalue weighted by atomic mass is 16.4. The predicted molar refractivity (Wildman–Crippen MR) is 99.5 cm³/mol. The van der Waals surface area contributed by atoms with Crippen molar-refractivity contribution < 1.29 is 4.42 Å². The van der Waals surface area contributed by atoms with Crippen LogP contribution in [0.1, 0.15) is 18.4 Å². The van der Waals surface area contributed by atoms with E-state index in [1.165, 1.54) is 0 Å². The van der Waals surface area contributed by atoms with Gasteiger partial charge in [0.1, 0.15) is 5.52 Å². The van der Waals surface area contributed by atoms with Crippen molar-refractivity contribution >= 4 is 22.6 Å². The van der Waals surface area contributed by atoms with Crippen LogP contribution in [0.15, 0.2) is 45.7 Å². The zero-order valence-corrected chi connectivity index (χ0v) is 14.3. The number of para-hydroxylation sites is 1. The van der Waals surface area contributed by atoms with E-state index in [0.717, 1.165) is 37.2 Å². The fraction of sp³-hybridized carbons (Fsp3) is 0.316. The van der Waals surface area contributed by atoms with Gasteiger partial charge >= 0.3 is 5.76 Å². The average Bonchev–Trinajstić information content (AvgIpc) is 2.97. The topological polar surface area (TPSA) is 81.7 Å². The Bertz CT molecular complexity index is 1050. The van der Waals surface area contributed by atoms with E-state index in [0.29, 0.717) is 16.9 Å². The van der Waals surface area contributed by atoms with Crippen molar-refractivity contribution in [2.45, 2.75) is 25.4 Å². The maximum absolute atomic E-state index is 12.5. The fourth-order valence-electron chi connectivity index (χ4n) is 3.53. The quantitative estimate of drug-likeness (QED) is 0.735. The Morgan fingerprint density at radius 1 is 1.35 bits per heavy atom. The second-order valence-electron chi connectivity index (χ2n) is 6.53. The number of hydrogen-bond acceptors (Lipinski definition) is 5. The van der Waals surface area contributed by atoms with E-state index in [2.05, 4.69) is 14.7 Å². The summed E-state index contributed by atoms with van der Waals surface area (Å²) in [5.74, 6) is -0.471. The van der Waals surface area contributed by atoms with Crippen molar-refractivity contribution in [3.63, 3.8) is 0 Å². The predicted octanol–water partition coefficient (Wildman–Crippen LogP) is 2.52.